The molecule has 29 heavy (non-hydrogen) atoms. The third-order valence-corrected chi connectivity index (χ3v) is 5.07. The number of amides is 1. The molecule has 0 saturated carbocycles. The smallest absolute Gasteiger partial charge is 0.251 e. The van der Waals surface area contributed by atoms with E-state index in [1.165, 1.54) is 5.56 Å². The molecule has 1 amide bonds. The summed E-state index contributed by atoms with van der Waals surface area (Å²) in [5, 5.41) is 2.96. The van der Waals surface area contributed by atoms with Gasteiger partial charge in [-0.25, -0.2) is 4.98 Å². The highest BCUT2D eigenvalue weighted by molar-refractivity contribution is 5.95. The molecule has 0 saturated heterocycles. The lowest BCUT2D eigenvalue weighted by atomic mass is 10.1. The largest absolute Gasteiger partial charge is 0.493 e. The number of nitrogens with one attached hydrogen (secondary N) is 1. The van der Waals surface area contributed by atoms with Crippen LogP contribution in [0, 0.1) is 0 Å². The number of para-hydroxylation sites is 1. The lowest BCUT2D eigenvalue weighted by molar-refractivity contribution is 0.0951. The molecule has 6 nitrogen and oxygen atoms in total. The molecule has 0 spiro atoms. The second-order valence-corrected chi connectivity index (χ2v) is 6.81. The van der Waals surface area contributed by atoms with E-state index in [1.54, 1.807) is 26.5 Å². The molecule has 2 heterocycles. The number of anilines is 2. The molecular weight excluding hydrogens is 366 g/mol. The van der Waals surface area contributed by atoms with E-state index in [2.05, 4.69) is 27.3 Å². The number of aromatic nitrogens is 1. The summed E-state index contributed by atoms with van der Waals surface area (Å²) in [7, 11) is 3.19. The maximum atomic E-state index is 12.7. The molecule has 0 atom stereocenters. The number of fused-ring (bicyclic) bond motifs is 1. The fourth-order valence-corrected chi connectivity index (χ4v) is 3.56. The van der Waals surface area contributed by atoms with Gasteiger partial charge in [0.1, 0.15) is 5.82 Å². The molecule has 0 bridgehead atoms. The summed E-state index contributed by atoms with van der Waals surface area (Å²) >= 11 is 0. The van der Waals surface area contributed by atoms with E-state index in [0.29, 0.717) is 23.6 Å². The van der Waals surface area contributed by atoms with Crippen molar-refractivity contribution in [3.8, 4) is 11.5 Å². The number of methoxy groups -OCH3 is 2. The summed E-state index contributed by atoms with van der Waals surface area (Å²) in [4.78, 5) is 19.3. The maximum absolute atomic E-state index is 12.7. The molecule has 0 fully saturated rings. The highest BCUT2D eigenvalue weighted by Gasteiger charge is 2.21. The molecule has 148 valence electrons. The van der Waals surface area contributed by atoms with Crippen molar-refractivity contribution in [2.24, 2.45) is 0 Å². The fourth-order valence-electron chi connectivity index (χ4n) is 3.56. The molecule has 1 aliphatic heterocycles. The number of ether oxygens (including phenoxy) is 2. The topological polar surface area (TPSA) is 63.7 Å². The molecule has 4 rings (SSSR count). The normalized spacial score (nSPS) is 12.4. The first kappa shape index (κ1) is 18.8. The Morgan fingerprint density at radius 3 is 2.72 bits per heavy atom. The van der Waals surface area contributed by atoms with Crippen molar-refractivity contribution in [3.63, 3.8) is 0 Å². The van der Waals surface area contributed by atoms with Crippen LogP contribution in [0.25, 0.3) is 0 Å². The maximum Gasteiger partial charge on any atom is 0.251 e. The second-order valence-electron chi connectivity index (χ2n) is 6.81. The first-order valence-electron chi connectivity index (χ1n) is 9.50. The van der Waals surface area contributed by atoms with E-state index in [-0.39, 0.29) is 5.91 Å². The summed E-state index contributed by atoms with van der Waals surface area (Å²) in [5.41, 5.74) is 3.97. The van der Waals surface area contributed by atoms with Crippen LogP contribution in [0.5, 0.6) is 11.5 Å². The Hall–Kier alpha value is -3.54. The minimum absolute atomic E-state index is 0.143. The number of pyridine rings is 1. The third-order valence-electron chi connectivity index (χ3n) is 5.07. The third kappa shape index (κ3) is 3.87. The van der Waals surface area contributed by atoms with Crippen molar-refractivity contribution in [3.05, 3.63) is 77.5 Å². The average molecular weight is 389 g/mol. The van der Waals surface area contributed by atoms with Crippen LogP contribution in [-0.4, -0.2) is 31.7 Å². The van der Waals surface area contributed by atoms with Gasteiger partial charge in [-0.1, -0.05) is 24.3 Å². The lowest BCUT2D eigenvalue weighted by Crippen LogP contribution is -2.23. The van der Waals surface area contributed by atoms with Gasteiger partial charge in [-0.15, -0.1) is 0 Å². The summed E-state index contributed by atoms with van der Waals surface area (Å²) in [6.07, 6.45) is 2.66. The van der Waals surface area contributed by atoms with Gasteiger partial charge in [0, 0.05) is 30.5 Å². The Balaban J connectivity index is 1.47. The van der Waals surface area contributed by atoms with E-state index >= 15 is 0 Å². The highest BCUT2D eigenvalue weighted by Crippen LogP contribution is 2.33. The molecule has 1 aliphatic rings. The Morgan fingerprint density at radius 1 is 1.07 bits per heavy atom. The number of carbonyl (C=O) groups is 1. The van der Waals surface area contributed by atoms with E-state index < -0.39 is 0 Å². The zero-order valence-corrected chi connectivity index (χ0v) is 16.5. The standard InChI is InChI=1S/C23H23N3O3/c1-28-20-8-7-16(13-21(20)29-2)15-25-23(27)18-9-11-24-22(14-18)26-12-10-17-5-3-4-6-19(17)26/h3-9,11,13-14H,10,12,15H2,1-2H3,(H,25,27). The number of hydrogen-bond acceptors (Lipinski definition) is 5. The van der Waals surface area contributed by atoms with Gasteiger partial charge in [0.2, 0.25) is 0 Å². The zero-order valence-electron chi connectivity index (χ0n) is 16.5. The van der Waals surface area contributed by atoms with Gasteiger partial charge >= 0.3 is 0 Å². The predicted octanol–water partition coefficient (Wildman–Crippen LogP) is 3.72. The molecule has 0 aliphatic carbocycles. The first-order chi connectivity index (χ1) is 14.2. The van der Waals surface area contributed by atoms with E-state index in [9.17, 15) is 4.79 Å². The Morgan fingerprint density at radius 2 is 1.90 bits per heavy atom. The zero-order chi connectivity index (χ0) is 20.2. The van der Waals surface area contributed by atoms with Gasteiger partial charge in [0.25, 0.3) is 5.91 Å². The number of nitrogens with zero attached hydrogens (tertiary/aromatic N) is 2. The number of benzene rings is 2. The average Bonchev–Trinajstić information content (AvgIpc) is 3.21. The predicted molar refractivity (Wildman–Crippen MR) is 112 cm³/mol. The number of hydrogen-bond donors (Lipinski definition) is 1. The van der Waals surface area contributed by atoms with Crippen LogP contribution < -0.4 is 19.7 Å². The van der Waals surface area contributed by atoms with Gasteiger partial charge in [0.15, 0.2) is 11.5 Å². The highest BCUT2D eigenvalue weighted by atomic mass is 16.5. The molecular formula is C23H23N3O3. The van der Waals surface area contributed by atoms with E-state index in [4.69, 9.17) is 9.47 Å². The molecule has 1 aromatic heterocycles. The molecule has 0 unspecified atom stereocenters. The molecule has 1 N–H and O–H groups in total. The Labute approximate surface area is 170 Å². The van der Waals surface area contributed by atoms with Crippen molar-refractivity contribution < 1.29 is 14.3 Å². The first-order valence-corrected chi connectivity index (χ1v) is 9.50. The van der Waals surface area contributed by atoms with Crippen LogP contribution in [0.2, 0.25) is 0 Å². The molecule has 3 aromatic rings. The second kappa shape index (κ2) is 8.22. The van der Waals surface area contributed by atoms with Crippen molar-refractivity contribution in [2.75, 3.05) is 25.7 Å². The van der Waals surface area contributed by atoms with Crippen LogP contribution >= 0.6 is 0 Å². The van der Waals surface area contributed by atoms with Crippen molar-refractivity contribution in [1.82, 2.24) is 10.3 Å². The van der Waals surface area contributed by atoms with Crippen LogP contribution in [0.1, 0.15) is 21.5 Å². The minimum atomic E-state index is -0.143. The van der Waals surface area contributed by atoms with E-state index in [0.717, 1.165) is 30.0 Å². The van der Waals surface area contributed by atoms with Crippen LogP contribution in [0.15, 0.2) is 60.8 Å². The summed E-state index contributed by atoms with van der Waals surface area (Å²) < 4.78 is 10.6. The SMILES string of the molecule is COc1ccc(CNC(=O)c2ccnc(N3CCc4ccccc43)c2)cc1OC. The van der Waals surface area contributed by atoms with Crippen molar-refractivity contribution in [2.45, 2.75) is 13.0 Å². The van der Waals surface area contributed by atoms with Crippen molar-refractivity contribution in [1.29, 1.82) is 0 Å². The quantitative estimate of drug-likeness (QED) is 0.696. The van der Waals surface area contributed by atoms with Crippen LogP contribution in [0.4, 0.5) is 11.5 Å². The number of rotatable bonds is 6. The van der Waals surface area contributed by atoms with Gasteiger partial charge in [-0.3, -0.25) is 4.79 Å². The monoisotopic (exact) mass is 389 g/mol. The summed E-state index contributed by atoms with van der Waals surface area (Å²) in [6.45, 7) is 1.26. The van der Waals surface area contributed by atoms with Gasteiger partial charge < -0.3 is 19.7 Å². The number of carbonyl (C=O) groups excluding carboxylic acids is 1. The molecule has 0 radical (unpaired) electrons. The van der Waals surface area contributed by atoms with Gasteiger partial charge in [0.05, 0.1) is 14.2 Å². The fraction of sp³-hybridized carbons (Fsp3) is 0.217. The minimum Gasteiger partial charge on any atom is -0.493 e. The molecule has 6 heteroatoms. The van der Waals surface area contributed by atoms with Gasteiger partial charge in [-0.05, 0) is 47.9 Å². The van der Waals surface area contributed by atoms with E-state index in [1.807, 2.05) is 36.4 Å². The van der Waals surface area contributed by atoms with Crippen LogP contribution in [0.3, 0.4) is 0 Å². The Bertz CT molecular complexity index is 1040. The Kier molecular flexibility index (Phi) is 5.33. The summed E-state index contributed by atoms with van der Waals surface area (Å²) in [6, 6.07) is 17.5. The summed E-state index contributed by atoms with van der Waals surface area (Å²) in [5.74, 6) is 1.94. The van der Waals surface area contributed by atoms with Gasteiger partial charge in [-0.2, -0.15) is 0 Å². The molecule has 2 aromatic carbocycles. The van der Waals surface area contributed by atoms with Crippen molar-refractivity contribution >= 4 is 17.4 Å². The lowest BCUT2D eigenvalue weighted by Gasteiger charge is -2.18. The van der Waals surface area contributed by atoms with Crippen LogP contribution in [-0.2, 0) is 13.0 Å².